The minimum absolute atomic E-state index is 0.0952. The number of nitrogens with one attached hydrogen (secondary N) is 1. The van der Waals surface area contributed by atoms with Gasteiger partial charge in [-0.25, -0.2) is 0 Å². The van der Waals surface area contributed by atoms with E-state index in [4.69, 9.17) is 18.9 Å². The first kappa shape index (κ1) is 19.6. The summed E-state index contributed by atoms with van der Waals surface area (Å²) in [6.07, 6.45) is -0.00557. The van der Waals surface area contributed by atoms with E-state index in [2.05, 4.69) is 5.32 Å². The van der Waals surface area contributed by atoms with Gasteiger partial charge in [-0.1, -0.05) is 18.2 Å². The Hall–Kier alpha value is -2.73. The molecule has 1 amide bonds. The maximum atomic E-state index is 12.3. The van der Waals surface area contributed by atoms with Crippen LogP contribution in [0.3, 0.4) is 0 Å². The van der Waals surface area contributed by atoms with Crippen molar-refractivity contribution in [3.8, 4) is 17.2 Å². The van der Waals surface area contributed by atoms with Gasteiger partial charge in [-0.15, -0.1) is 0 Å². The highest BCUT2D eigenvalue weighted by Gasteiger charge is 2.14. The molecule has 140 valence electrons. The van der Waals surface area contributed by atoms with Crippen LogP contribution in [0.2, 0.25) is 0 Å². The minimum Gasteiger partial charge on any atom is -0.497 e. The molecule has 6 nitrogen and oxygen atoms in total. The average Bonchev–Trinajstić information content (AvgIpc) is 2.68. The molecular formula is C20H25NO5. The Labute approximate surface area is 154 Å². The Morgan fingerprint density at radius 2 is 1.73 bits per heavy atom. The van der Waals surface area contributed by atoms with Crippen LogP contribution < -0.4 is 19.5 Å². The summed E-state index contributed by atoms with van der Waals surface area (Å²) in [5, 5.41) is 2.91. The average molecular weight is 359 g/mol. The van der Waals surface area contributed by atoms with Crippen molar-refractivity contribution >= 4 is 5.91 Å². The van der Waals surface area contributed by atoms with Crippen molar-refractivity contribution in [1.29, 1.82) is 0 Å². The normalized spacial score (nSPS) is 11.5. The second-order valence-corrected chi connectivity index (χ2v) is 5.67. The van der Waals surface area contributed by atoms with Crippen LogP contribution >= 0.6 is 0 Å². The van der Waals surface area contributed by atoms with Crippen LogP contribution in [-0.2, 0) is 16.0 Å². The lowest BCUT2D eigenvalue weighted by Crippen LogP contribution is -2.30. The van der Waals surface area contributed by atoms with Crippen LogP contribution in [0.15, 0.2) is 42.5 Å². The summed E-state index contributed by atoms with van der Waals surface area (Å²) in [5.74, 6) is 1.89. The van der Waals surface area contributed by atoms with Crippen molar-refractivity contribution in [3.63, 3.8) is 0 Å². The van der Waals surface area contributed by atoms with Crippen LogP contribution in [0.25, 0.3) is 0 Å². The monoisotopic (exact) mass is 359 g/mol. The predicted molar refractivity (Wildman–Crippen MR) is 99.0 cm³/mol. The molecule has 0 spiro atoms. The summed E-state index contributed by atoms with van der Waals surface area (Å²) in [6.45, 7) is 0.371. The molecule has 6 heteroatoms. The molecule has 0 aliphatic carbocycles. The highest BCUT2D eigenvalue weighted by molar-refractivity contribution is 5.78. The van der Waals surface area contributed by atoms with E-state index in [0.29, 0.717) is 18.0 Å². The van der Waals surface area contributed by atoms with Gasteiger partial charge in [0.15, 0.2) is 11.5 Å². The van der Waals surface area contributed by atoms with Crippen molar-refractivity contribution in [2.45, 2.75) is 12.5 Å². The molecule has 2 aromatic carbocycles. The fourth-order valence-electron chi connectivity index (χ4n) is 2.62. The Kier molecular flexibility index (Phi) is 7.29. The van der Waals surface area contributed by atoms with Crippen LogP contribution in [0.1, 0.15) is 17.2 Å². The Bertz CT molecular complexity index is 732. The Balaban J connectivity index is 1.96. The molecular weight excluding hydrogens is 334 g/mol. The van der Waals surface area contributed by atoms with Gasteiger partial charge in [0.1, 0.15) is 5.75 Å². The summed E-state index contributed by atoms with van der Waals surface area (Å²) in [6, 6.07) is 13.0. The number of carbonyl (C=O) groups excluding carboxylic acids is 1. The highest BCUT2D eigenvalue weighted by atomic mass is 16.5. The molecule has 1 atom stereocenters. The van der Waals surface area contributed by atoms with Gasteiger partial charge >= 0.3 is 0 Å². The standard InChI is InChI=1S/C20H25NO5/c1-23-16-7-5-6-15(12-16)19(26-4)13-21-20(22)11-14-8-9-17(24-2)18(10-14)25-3/h5-10,12,19H,11,13H2,1-4H3,(H,21,22). The van der Waals surface area contributed by atoms with Crippen LogP contribution in [0.4, 0.5) is 0 Å². The molecule has 0 saturated carbocycles. The van der Waals surface area contributed by atoms with E-state index in [1.54, 1.807) is 40.6 Å². The van der Waals surface area contributed by atoms with Gasteiger partial charge in [0.05, 0.1) is 33.9 Å². The van der Waals surface area contributed by atoms with Gasteiger partial charge in [0.25, 0.3) is 0 Å². The Morgan fingerprint density at radius 3 is 2.38 bits per heavy atom. The molecule has 0 aromatic heterocycles. The lowest BCUT2D eigenvalue weighted by molar-refractivity contribution is -0.121. The van der Waals surface area contributed by atoms with E-state index in [0.717, 1.165) is 16.9 Å². The highest BCUT2D eigenvalue weighted by Crippen LogP contribution is 2.27. The van der Waals surface area contributed by atoms with Gasteiger partial charge in [0, 0.05) is 13.7 Å². The zero-order valence-electron chi connectivity index (χ0n) is 15.6. The number of ether oxygens (including phenoxy) is 4. The molecule has 0 heterocycles. The number of amides is 1. The smallest absolute Gasteiger partial charge is 0.224 e. The first-order valence-corrected chi connectivity index (χ1v) is 8.25. The first-order valence-electron chi connectivity index (χ1n) is 8.25. The van der Waals surface area contributed by atoms with Crippen molar-refractivity contribution < 1.29 is 23.7 Å². The zero-order chi connectivity index (χ0) is 18.9. The molecule has 26 heavy (non-hydrogen) atoms. The largest absolute Gasteiger partial charge is 0.497 e. The summed E-state index contributed by atoms with van der Waals surface area (Å²) in [4.78, 5) is 12.3. The maximum absolute atomic E-state index is 12.3. The zero-order valence-corrected chi connectivity index (χ0v) is 15.6. The fourth-order valence-corrected chi connectivity index (χ4v) is 2.62. The van der Waals surface area contributed by atoms with E-state index in [-0.39, 0.29) is 18.4 Å². The molecule has 0 fully saturated rings. The van der Waals surface area contributed by atoms with Crippen LogP contribution in [-0.4, -0.2) is 40.9 Å². The number of rotatable bonds is 9. The first-order chi connectivity index (χ1) is 12.6. The van der Waals surface area contributed by atoms with Crippen molar-refractivity contribution in [3.05, 3.63) is 53.6 Å². The van der Waals surface area contributed by atoms with Crippen LogP contribution in [0.5, 0.6) is 17.2 Å². The number of benzene rings is 2. The summed E-state index contributed by atoms with van der Waals surface area (Å²) in [7, 11) is 6.38. The minimum atomic E-state index is -0.251. The van der Waals surface area contributed by atoms with E-state index < -0.39 is 0 Å². The van der Waals surface area contributed by atoms with Gasteiger partial charge in [-0.2, -0.15) is 0 Å². The lowest BCUT2D eigenvalue weighted by atomic mass is 10.1. The number of hydrogen-bond acceptors (Lipinski definition) is 5. The summed E-state index contributed by atoms with van der Waals surface area (Å²) >= 11 is 0. The molecule has 2 rings (SSSR count). The molecule has 0 bridgehead atoms. The lowest BCUT2D eigenvalue weighted by Gasteiger charge is -2.17. The predicted octanol–water partition coefficient (Wildman–Crippen LogP) is 2.76. The number of carbonyl (C=O) groups is 1. The third-order valence-electron chi connectivity index (χ3n) is 4.05. The quantitative estimate of drug-likeness (QED) is 0.746. The molecule has 1 unspecified atom stereocenters. The van der Waals surface area contributed by atoms with E-state index in [1.807, 2.05) is 30.3 Å². The SMILES string of the molecule is COc1cccc(C(CNC(=O)Cc2ccc(OC)c(OC)c2)OC)c1. The van der Waals surface area contributed by atoms with Gasteiger partial charge in [-0.05, 0) is 35.4 Å². The second-order valence-electron chi connectivity index (χ2n) is 5.67. The van der Waals surface area contributed by atoms with Crippen molar-refractivity contribution in [1.82, 2.24) is 5.32 Å². The molecule has 2 aromatic rings. The second kappa shape index (κ2) is 9.68. The molecule has 1 N–H and O–H groups in total. The van der Waals surface area contributed by atoms with Gasteiger partial charge in [-0.3, -0.25) is 4.79 Å². The fraction of sp³-hybridized carbons (Fsp3) is 0.350. The summed E-state index contributed by atoms with van der Waals surface area (Å²) in [5.41, 5.74) is 1.79. The molecule has 0 aliphatic rings. The van der Waals surface area contributed by atoms with E-state index >= 15 is 0 Å². The Morgan fingerprint density at radius 1 is 0.962 bits per heavy atom. The van der Waals surface area contributed by atoms with Crippen molar-refractivity contribution in [2.24, 2.45) is 0 Å². The molecule has 0 saturated heterocycles. The topological polar surface area (TPSA) is 66.0 Å². The molecule has 0 aliphatic heterocycles. The third-order valence-corrected chi connectivity index (χ3v) is 4.05. The number of hydrogen-bond donors (Lipinski definition) is 1. The van der Waals surface area contributed by atoms with Crippen molar-refractivity contribution in [2.75, 3.05) is 35.0 Å². The van der Waals surface area contributed by atoms with Crippen LogP contribution in [0, 0.1) is 0 Å². The van der Waals surface area contributed by atoms with E-state index in [1.165, 1.54) is 0 Å². The van der Waals surface area contributed by atoms with Gasteiger partial charge < -0.3 is 24.3 Å². The summed E-state index contributed by atoms with van der Waals surface area (Å²) < 4.78 is 21.2. The maximum Gasteiger partial charge on any atom is 0.224 e. The molecule has 0 radical (unpaired) electrons. The number of methoxy groups -OCH3 is 4. The van der Waals surface area contributed by atoms with Gasteiger partial charge in [0.2, 0.25) is 5.91 Å². The van der Waals surface area contributed by atoms with E-state index in [9.17, 15) is 4.79 Å². The third kappa shape index (κ3) is 5.13.